The maximum Gasteiger partial charge on any atom is 0.333 e. The SMILES string of the molecule is CC=C(C)C(=O)OCC(CO)OC1OC(COC2OCC(O)(CO)C2O)C(O)C(O)C1O. The van der Waals surface area contributed by atoms with Crippen LogP contribution in [0.3, 0.4) is 0 Å². The molecule has 0 aromatic rings. The van der Waals surface area contributed by atoms with Crippen LogP contribution >= 0.6 is 0 Å². The zero-order valence-electron chi connectivity index (χ0n) is 17.8. The van der Waals surface area contributed by atoms with Crippen LogP contribution in [-0.4, -0.2) is 130 Å². The summed E-state index contributed by atoms with van der Waals surface area (Å²) in [5.74, 6) is -0.626. The molecule has 2 aliphatic rings. The van der Waals surface area contributed by atoms with E-state index in [1.54, 1.807) is 19.9 Å². The molecule has 13 heteroatoms. The van der Waals surface area contributed by atoms with E-state index in [2.05, 4.69) is 0 Å². The predicted octanol–water partition coefficient (Wildman–Crippen LogP) is -3.86. The van der Waals surface area contributed by atoms with Crippen LogP contribution in [0.4, 0.5) is 0 Å². The van der Waals surface area contributed by atoms with Gasteiger partial charge in [-0.05, 0) is 13.8 Å². The van der Waals surface area contributed by atoms with Crippen LogP contribution in [0, 0.1) is 0 Å². The van der Waals surface area contributed by atoms with Crippen molar-refractivity contribution in [3.8, 4) is 0 Å². The molecule has 0 radical (unpaired) electrons. The van der Waals surface area contributed by atoms with Gasteiger partial charge in [-0.2, -0.15) is 0 Å². The van der Waals surface area contributed by atoms with Crippen molar-refractivity contribution in [1.29, 1.82) is 0 Å². The lowest BCUT2D eigenvalue weighted by Crippen LogP contribution is -2.60. The number of esters is 1. The largest absolute Gasteiger partial charge is 0.459 e. The third kappa shape index (κ3) is 6.21. The van der Waals surface area contributed by atoms with E-state index < -0.39 is 80.6 Å². The molecule has 7 N–H and O–H groups in total. The number of hydrogen-bond acceptors (Lipinski definition) is 13. The fourth-order valence-electron chi connectivity index (χ4n) is 3.02. The molecule has 0 spiro atoms. The molecule has 9 unspecified atom stereocenters. The van der Waals surface area contributed by atoms with Crippen LogP contribution in [0.5, 0.6) is 0 Å². The summed E-state index contributed by atoms with van der Waals surface area (Å²) in [6, 6.07) is 0. The number of hydrogen-bond donors (Lipinski definition) is 7. The number of rotatable bonds is 10. The summed E-state index contributed by atoms with van der Waals surface area (Å²) in [7, 11) is 0. The number of carbonyl (C=O) groups excluding carboxylic acids is 1. The van der Waals surface area contributed by atoms with Gasteiger partial charge in [0.05, 0.1) is 26.4 Å². The number of allylic oxidation sites excluding steroid dienone is 1. The van der Waals surface area contributed by atoms with E-state index in [9.17, 15) is 35.4 Å². The highest BCUT2D eigenvalue weighted by atomic mass is 16.7. The van der Waals surface area contributed by atoms with E-state index in [0.717, 1.165) is 0 Å². The second kappa shape index (κ2) is 11.8. The fourth-order valence-corrected chi connectivity index (χ4v) is 3.02. The van der Waals surface area contributed by atoms with Gasteiger partial charge in [0.2, 0.25) is 0 Å². The lowest BCUT2D eigenvalue weighted by Gasteiger charge is -2.41. The molecule has 2 fully saturated rings. The van der Waals surface area contributed by atoms with E-state index in [1.807, 2.05) is 0 Å². The van der Waals surface area contributed by atoms with Gasteiger partial charge in [-0.25, -0.2) is 4.79 Å². The molecular formula is C19H32O13. The fraction of sp³-hybridized carbons (Fsp3) is 0.842. The zero-order chi connectivity index (χ0) is 24.1. The van der Waals surface area contributed by atoms with Crippen molar-refractivity contribution in [1.82, 2.24) is 0 Å². The molecule has 0 aromatic carbocycles. The highest BCUT2D eigenvalue weighted by Gasteiger charge is 2.50. The first-order valence-electron chi connectivity index (χ1n) is 10.1. The Morgan fingerprint density at radius 3 is 2.41 bits per heavy atom. The normalized spacial score (nSPS) is 39.2. The van der Waals surface area contributed by atoms with E-state index in [4.69, 9.17) is 28.8 Å². The highest BCUT2D eigenvalue weighted by Crippen LogP contribution is 2.28. The highest BCUT2D eigenvalue weighted by molar-refractivity contribution is 5.87. The Hall–Kier alpha value is -1.23. The lowest BCUT2D eigenvalue weighted by atomic mass is 9.99. The zero-order valence-corrected chi connectivity index (χ0v) is 17.8. The molecule has 2 heterocycles. The van der Waals surface area contributed by atoms with Gasteiger partial charge in [-0.15, -0.1) is 0 Å². The lowest BCUT2D eigenvalue weighted by molar-refractivity contribution is -0.322. The third-order valence-electron chi connectivity index (χ3n) is 5.36. The molecule has 0 aromatic heterocycles. The van der Waals surface area contributed by atoms with Crippen LogP contribution in [0.2, 0.25) is 0 Å². The monoisotopic (exact) mass is 468 g/mol. The van der Waals surface area contributed by atoms with E-state index in [-0.39, 0.29) is 13.2 Å². The maximum atomic E-state index is 11.7. The molecule has 186 valence electrons. The molecule has 32 heavy (non-hydrogen) atoms. The number of carbonyl (C=O) groups is 1. The molecule has 0 bridgehead atoms. The molecule has 0 saturated carbocycles. The Balaban J connectivity index is 1.95. The van der Waals surface area contributed by atoms with Gasteiger partial charge in [-0.3, -0.25) is 0 Å². The minimum Gasteiger partial charge on any atom is -0.459 e. The van der Waals surface area contributed by atoms with Gasteiger partial charge in [-0.1, -0.05) is 6.08 Å². The minimum atomic E-state index is -1.91. The van der Waals surface area contributed by atoms with Crippen LogP contribution < -0.4 is 0 Å². The van der Waals surface area contributed by atoms with Crippen LogP contribution in [0.25, 0.3) is 0 Å². The third-order valence-corrected chi connectivity index (χ3v) is 5.36. The maximum absolute atomic E-state index is 11.7. The van der Waals surface area contributed by atoms with Crippen LogP contribution in [-0.2, 0) is 28.5 Å². The number of aliphatic hydroxyl groups is 7. The van der Waals surface area contributed by atoms with Gasteiger partial charge in [0, 0.05) is 5.57 Å². The molecule has 2 saturated heterocycles. The second-order valence-corrected chi connectivity index (χ2v) is 7.74. The van der Waals surface area contributed by atoms with Crippen molar-refractivity contribution in [3.05, 3.63) is 11.6 Å². The molecule has 2 aliphatic heterocycles. The Morgan fingerprint density at radius 2 is 1.84 bits per heavy atom. The molecular weight excluding hydrogens is 436 g/mol. The molecule has 2 rings (SSSR count). The average Bonchev–Trinajstić information content (AvgIpc) is 3.09. The molecule has 9 atom stereocenters. The molecule has 0 amide bonds. The first kappa shape index (κ1) is 27.0. The summed E-state index contributed by atoms with van der Waals surface area (Å²) < 4.78 is 26.2. The first-order chi connectivity index (χ1) is 15.1. The summed E-state index contributed by atoms with van der Waals surface area (Å²) >= 11 is 0. The van der Waals surface area contributed by atoms with E-state index in [1.165, 1.54) is 0 Å². The topological polar surface area (TPSA) is 205 Å². The Morgan fingerprint density at radius 1 is 1.16 bits per heavy atom. The van der Waals surface area contributed by atoms with Crippen molar-refractivity contribution in [2.45, 2.75) is 68.7 Å². The Bertz CT molecular complexity index is 643. The minimum absolute atomic E-state index is 0.343. The summed E-state index contributed by atoms with van der Waals surface area (Å²) in [5.41, 5.74) is -1.56. The number of aliphatic hydroxyl groups excluding tert-OH is 6. The van der Waals surface area contributed by atoms with Crippen LogP contribution in [0.1, 0.15) is 13.8 Å². The summed E-state index contributed by atoms with van der Waals surface area (Å²) in [4.78, 5) is 11.7. The van der Waals surface area contributed by atoms with Gasteiger partial charge in [0.25, 0.3) is 0 Å². The van der Waals surface area contributed by atoms with Gasteiger partial charge < -0.3 is 59.4 Å². The smallest absolute Gasteiger partial charge is 0.333 e. The van der Waals surface area contributed by atoms with E-state index in [0.29, 0.717) is 5.57 Å². The van der Waals surface area contributed by atoms with Crippen molar-refractivity contribution in [2.75, 3.05) is 33.0 Å². The van der Waals surface area contributed by atoms with Crippen molar-refractivity contribution in [2.24, 2.45) is 0 Å². The van der Waals surface area contributed by atoms with Gasteiger partial charge in [0.15, 0.2) is 12.6 Å². The first-order valence-corrected chi connectivity index (χ1v) is 10.1. The summed E-state index contributed by atoms with van der Waals surface area (Å²) in [6.07, 6.45) is -10.3. The predicted molar refractivity (Wildman–Crippen MR) is 103 cm³/mol. The molecule has 0 aliphatic carbocycles. The van der Waals surface area contributed by atoms with Gasteiger partial charge >= 0.3 is 5.97 Å². The second-order valence-electron chi connectivity index (χ2n) is 7.74. The van der Waals surface area contributed by atoms with E-state index >= 15 is 0 Å². The van der Waals surface area contributed by atoms with Crippen LogP contribution in [0.15, 0.2) is 11.6 Å². The van der Waals surface area contributed by atoms with Crippen molar-refractivity contribution >= 4 is 5.97 Å². The molecule has 13 nitrogen and oxygen atoms in total. The van der Waals surface area contributed by atoms with Gasteiger partial charge in [0.1, 0.15) is 48.8 Å². The Kier molecular flexibility index (Phi) is 9.93. The number of ether oxygens (including phenoxy) is 5. The quantitative estimate of drug-likeness (QED) is 0.121. The standard InChI is InChI=1S/C19H32O13/c1-3-9(2)16(26)28-5-10(4-20)31-17-14(24)13(23)12(22)11(32-17)6-29-18-15(25)19(27,7-21)8-30-18/h3,10-15,17-18,20-25,27H,4-8H2,1-2H3. The summed E-state index contributed by atoms with van der Waals surface area (Å²) in [5, 5.41) is 69.1. The van der Waals surface area contributed by atoms with Crippen molar-refractivity contribution < 1.29 is 64.2 Å². The Labute approximate surface area is 184 Å². The average molecular weight is 468 g/mol. The van der Waals surface area contributed by atoms with Crippen molar-refractivity contribution in [3.63, 3.8) is 0 Å². The summed E-state index contributed by atoms with van der Waals surface area (Å²) in [6.45, 7) is 0.619.